The summed E-state index contributed by atoms with van der Waals surface area (Å²) >= 11 is 0. The van der Waals surface area contributed by atoms with Gasteiger partial charge in [0.15, 0.2) is 0 Å². The quantitative estimate of drug-likeness (QED) is 0.786. The van der Waals surface area contributed by atoms with E-state index in [1.54, 1.807) is 0 Å². The smallest absolute Gasteiger partial charge is 0.308 e. The van der Waals surface area contributed by atoms with Crippen LogP contribution in [0.25, 0.3) is 0 Å². The summed E-state index contributed by atoms with van der Waals surface area (Å²) in [4.78, 5) is 12.2. The second-order valence-corrected chi connectivity index (χ2v) is 6.22. The third-order valence-electron chi connectivity index (χ3n) is 4.06. The number of nitrogens with one attached hydrogen (secondary N) is 2. The molecule has 1 aliphatic carbocycles. The van der Waals surface area contributed by atoms with Crippen molar-refractivity contribution in [1.29, 1.82) is 0 Å². The Morgan fingerprint density at radius 3 is 2.32 bits per heavy atom. The van der Waals surface area contributed by atoms with Crippen LogP contribution >= 0.6 is 0 Å². The Hall–Kier alpha value is -2.29. The van der Waals surface area contributed by atoms with Crippen molar-refractivity contribution in [2.45, 2.75) is 38.5 Å². The van der Waals surface area contributed by atoms with E-state index in [1.807, 2.05) is 30.3 Å². The van der Waals surface area contributed by atoms with Crippen molar-refractivity contribution < 1.29 is 4.79 Å². The number of rotatable bonds is 4. The Kier molecular flexibility index (Phi) is 4.14. The fourth-order valence-corrected chi connectivity index (χ4v) is 2.60. The van der Waals surface area contributed by atoms with Crippen molar-refractivity contribution in [1.82, 2.24) is 0 Å². The van der Waals surface area contributed by atoms with Crippen LogP contribution < -0.4 is 10.6 Å². The van der Waals surface area contributed by atoms with Crippen molar-refractivity contribution in [2.75, 3.05) is 10.6 Å². The molecular weight excluding hydrogens is 272 g/mol. The van der Waals surface area contributed by atoms with Gasteiger partial charge in [0.25, 0.3) is 0 Å². The van der Waals surface area contributed by atoms with Crippen LogP contribution in [0.5, 0.6) is 0 Å². The van der Waals surface area contributed by atoms with Gasteiger partial charge in [0.1, 0.15) is 0 Å². The maximum absolute atomic E-state index is 12.2. The lowest BCUT2D eigenvalue weighted by molar-refractivity contribution is 0.262. The number of carbonyl (C=O) groups excluding carboxylic acids is 1. The summed E-state index contributed by atoms with van der Waals surface area (Å²) < 4.78 is 0. The number of hydrogen-bond acceptors (Lipinski definition) is 1. The summed E-state index contributed by atoms with van der Waals surface area (Å²) in [6.07, 6.45) is 2.44. The molecule has 0 unspecified atom stereocenters. The molecule has 22 heavy (non-hydrogen) atoms. The van der Waals surface area contributed by atoms with E-state index in [0.717, 1.165) is 11.4 Å². The minimum absolute atomic E-state index is 0.189. The number of carbonyl (C=O) groups is 1. The Morgan fingerprint density at radius 1 is 1.00 bits per heavy atom. The molecule has 0 bridgehead atoms. The molecular formula is C19H22N2O. The molecule has 2 aromatic carbocycles. The molecule has 2 N–H and O–H groups in total. The molecule has 2 aromatic rings. The van der Waals surface area contributed by atoms with Gasteiger partial charge in [-0.3, -0.25) is 0 Å². The van der Waals surface area contributed by atoms with E-state index in [2.05, 4.69) is 42.7 Å². The third kappa shape index (κ3) is 3.48. The molecule has 1 fully saturated rings. The number of anilines is 2. The predicted molar refractivity (Wildman–Crippen MR) is 91.6 cm³/mol. The van der Waals surface area contributed by atoms with Gasteiger partial charge < -0.3 is 10.6 Å². The Morgan fingerprint density at radius 2 is 1.68 bits per heavy atom. The Labute approximate surface area is 131 Å². The summed E-state index contributed by atoms with van der Waals surface area (Å²) in [6.45, 7) is 4.31. The van der Waals surface area contributed by atoms with Gasteiger partial charge in [0.05, 0.1) is 0 Å². The monoisotopic (exact) mass is 294 g/mol. The topological polar surface area (TPSA) is 41.1 Å². The fraction of sp³-hybridized carbons (Fsp3) is 0.316. The van der Waals surface area contributed by atoms with E-state index in [-0.39, 0.29) is 6.03 Å². The number of benzene rings is 2. The molecule has 0 radical (unpaired) electrons. The van der Waals surface area contributed by atoms with Gasteiger partial charge in [-0.25, -0.2) is 4.79 Å². The number of urea groups is 1. The lowest BCUT2D eigenvalue weighted by atomic mass is 10.0. The highest BCUT2D eigenvalue weighted by atomic mass is 16.2. The number of amides is 2. The molecule has 0 aromatic heterocycles. The van der Waals surface area contributed by atoms with Gasteiger partial charge in [0, 0.05) is 11.4 Å². The third-order valence-corrected chi connectivity index (χ3v) is 4.06. The van der Waals surface area contributed by atoms with E-state index in [9.17, 15) is 4.79 Å². The van der Waals surface area contributed by atoms with Crippen molar-refractivity contribution in [3.05, 3.63) is 59.7 Å². The first kappa shape index (κ1) is 14.6. The fourth-order valence-electron chi connectivity index (χ4n) is 2.60. The van der Waals surface area contributed by atoms with Gasteiger partial charge in [-0.2, -0.15) is 0 Å². The van der Waals surface area contributed by atoms with Crippen LogP contribution in [0.2, 0.25) is 0 Å². The maximum atomic E-state index is 12.2. The molecule has 1 saturated carbocycles. The average Bonchev–Trinajstić information content (AvgIpc) is 3.33. The second kappa shape index (κ2) is 6.22. The van der Waals surface area contributed by atoms with Gasteiger partial charge in [-0.1, -0.05) is 44.2 Å². The molecule has 2 amide bonds. The van der Waals surface area contributed by atoms with Crippen LogP contribution in [0, 0.1) is 0 Å². The summed E-state index contributed by atoms with van der Waals surface area (Å²) in [5.41, 5.74) is 4.24. The first-order valence-electron chi connectivity index (χ1n) is 7.90. The van der Waals surface area contributed by atoms with Gasteiger partial charge in [-0.15, -0.1) is 0 Å². The van der Waals surface area contributed by atoms with Crippen LogP contribution in [-0.2, 0) is 0 Å². The van der Waals surface area contributed by atoms with Gasteiger partial charge in [-0.05, 0) is 54.0 Å². The highest BCUT2D eigenvalue weighted by Crippen LogP contribution is 2.43. The van der Waals surface area contributed by atoms with Crippen molar-refractivity contribution in [3.8, 4) is 0 Å². The first-order chi connectivity index (χ1) is 10.6. The van der Waals surface area contributed by atoms with Crippen molar-refractivity contribution in [2.24, 2.45) is 0 Å². The predicted octanol–water partition coefficient (Wildman–Crippen LogP) is 5.33. The van der Waals surface area contributed by atoms with Crippen LogP contribution in [0.1, 0.15) is 49.7 Å². The van der Waals surface area contributed by atoms with E-state index >= 15 is 0 Å². The van der Waals surface area contributed by atoms with Crippen molar-refractivity contribution >= 4 is 17.4 Å². The van der Waals surface area contributed by atoms with Gasteiger partial charge >= 0.3 is 6.03 Å². The van der Waals surface area contributed by atoms with Crippen LogP contribution in [0.4, 0.5) is 16.2 Å². The molecule has 114 valence electrons. The Balaban J connectivity index is 1.65. The summed E-state index contributed by atoms with van der Waals surface area (Å²) in [7, 11) is 0. The number of hydrogen-bond donors (Lipinski definition) is 2. The molecule has 0 atom stereocenters. The Bertz CT molecular complexity index is 657. The zero-order chi connectivity index (χ0) is 15.5. The van der Waals surface area contributed by atoms with E-state index in [0.29, 0.717) is 11.8 Å². The minimum atomic E-state index is -0.189. The van der Waals surface area contributed by atoms with Crippen LogP contribution in [0.3, 0.4) is 0 Å². The normalized spacial score (nSPS) is 14.0. The van der Waals surface area contributed by atoms with Crippen molar-refractivity contribution in [3.63, 3.8) is 0 Å². The average molecular weight is 294 g/mol. The van der Waals surface area contributed by atoms with E-state index in [4.69, 9.17) is 0 Å². The van der Waals surface area contributed by atoms with Gasteiger partial charge in [0.2, 0.25) is 0 Å². The number of para-hydroxylation sites is 1. The molecule has 0 aliphatic heterocycles. The highest BCUT2D eigenvalue weighted by Gasteiger charge is 2.26. The zero-order valence-corrected chi connectivity index (χ0v) is 13.1. The molecule has 1 aliphatic rings. The summed E-state index contributed by atoms with van der Waals surface area (Å²) in [5.74, 6) is 1.11. The lowest BCUT2D eigenvalue weighted by Crippen LogP contribution is -2.20. The molecule has 3 heteroatoms. The molecule has 0 spiro atoms. The minimum Gasteiger partial charge on any atom is -0.308 e. The van der Waals surface area contributed by atoms with Crippen LogP contribution in [0.15, 0.2) is 48.5 Å². The zero-order valence-electron chi connectivity index (χ0n) is 13.1. The standard InChI is InChI=1S/C19H22N2O/c1-13(2)14-9-11-16(12-10-14)20-19(22)21-18-6-4-3-5-17(18)15-7-8-15/h3-6,9-13,15H,7-8H2,1-2H3,(H2,20,21,22). The molecule has 3 rings (SSSR count). The van der Waals surface area contributed by atoms with E-state index < -0.39 is 0 Å². The summed E-state index contributed by atoms with van der Waals surface area (Å²) in [5, 5.41) is 5.86. The van der Waals surface area contributed by atoms with Crippen LogP contribution in [-0.4, -0.2) is 6.03 Å². The highest BCUT2D eigenvalue weighted by molar-refractivity contribution is 6.00. The molecule has 0 saturated heterocycles. The second-order valence-electron chi connectivity index (χ2n) is 6.22. The van der Waals surface area contributed by atoms with E-state index in [1.165, 1.54) is 24.0 Å². The molecule has 0 heterocycles. The molecule has 3 nitrogen and oxygen atoms in total. The first-order valence-corrected chi connectivity index (χ1v) is 7.90. The maximum Gasteiger partial charge on any atom is 0.323 e. The lowest BCUT2D eigenvalue weighted by Gasteiger charge is -2.12. The SMILES string of the molecule is CC(C)c1ccc(NC(=O)Nc2ccccc2C2CC2)cc1. The largest absolute Gasteiger partial charge is 0.323 e. The summed E-state index contributed by atoms with van der Waals surface area (Å²) in [6, 6.07) is 15.9.